The van der Waals surface area contributed by atoms with E-state index in [1.54, 1.807) is 6.08 Å². The van der Waals surface area contributed by atoms with Crippen LogP contribution in [0.5, 0.6) is 0 Å². The van der Waals surface area contributed by atoms with Gasteiger partial charge in [-0.05, 0) is 17.6 Å². The number of carbonyl (C=O) groups excluding carboxylic acids is 1. The molecule has 1 rings (SSSR count). The van der Waals surface area contributed by atoms with E-state index in [0.29, 0.717) is 12.5 Å². The summed E-state index contributed by atoms with van der Waals surface area (Å²) in [6, 6.07) is 10.1. The molecule has 18 heavy (non-hydrogen) atoms. The molecular formula is C16H22O2. The number of hydrogen-bond acceptors (Lipinski definition) is 2. The Morgan fingerprint density at radius 1 is 1.17 bits per heavy atom. The summed E-state index contributed by atoms with van der Waals surface area (Å²) in [5, 5.41) is 0. The van der Waals surface area contributed by atoms with Crippen LogP contribution in [0.4, 0.5) is 0 Å². The molecule has 0 saturated carbocycles. The van der Waals surface area contributed by atoms with E-state index in [4.69, 9.17) is 4.74 Å². The third-order valence-corrected chi connectivity index (χ3v) is 2.95. The Bertz CT molecular complexity index is 368. The highest BCUT2D eigenvalue weighted by Gasteiger charge is 2.19. The minimum absolute atomic E-state index is 0.126. The molecule has 0 N–H and O–H groups in total. The molecule has 0 amide bonds. The molecule has 0 fully saturated rings. The molecule has 0 aliphatic heterocycles. The van der Waals surface area contributed by atoms with Crippen LogP contribution < -0.4 is 0 Å². The molecule has 0 spiro atoms. The van der Waals surface area contributed by atoms with Gasteiger partial charge in [0.2, 0.25) is 0 Å². The predicted octanol–water partition coefficient (Wildman–Crippen LogP) is 3.62. The lowest BCUT2D eigenvalue weighted by atomic mass is 9.94. The minimum atomic E-state index is 0.126. The second-order valence-corrected chi connectivity index (χ2v) is 4.89. The molecule has 2 nitrogen and oxygen atoms in total. The van der Waals surface area contributed by atoms with Crippen molar-refractivity contribution in [2.24, 2.45) is 11.8 Å². The second-order valence-electron chi connectivity index (χ2n) is 4.89. The summed E-state index contributed by atoms with van der Waals surface area (Å²) in [6.45, 7) is 6.97. The van der Waals surface area contributed by atoms with Gasteiger partial charge in [-0.15, -0.1) is 0 Å². The Morgan fingerprint density at radius 2 is 1.83 bits per heavy atom. The normalized spacial score (nSPS) is 14.9. The van der Waals surface area contributed by atoms with Gasteiger partial charge in [-0.1, -0.05) is 57.2 Å². The topological polar surface area (TPSA) is 26.3 Å². The van der Waals surface area contributed by atoms with Crippen molar-refractivity contribution >= 4 is 6.29 Å². The van der Waals surface area contributed by atoms with E-state index in [0.717, 1.165) is 6.29 Å². The molecule has 1 aromatic rings. The first-order valence-electron chi connectivity index (χ1n) is 6.42. The molecule has 0 unspecified atom stereocenters. The summed E-state index contributed by atoms with van der Waals surface area (Å²) in [4.78, 5) is 10.4. The first kappa shape index (κ1) is 14.7. The van der Waals surface area contributed by atoms with Crippen molar-refractivity contribution in [2.45, 2.75) is 33.5 Å². The summed E-state index contributed by atoms with van der Waals surface area (Å²) < 4.78 is 5.98. The largest absolute Gasteiger partial charge is 0.373 e. The van der Waals surface area contributed by atoms with E-state index in [9.17, 15) is 4.79 Å². The number of benzene rings is 1. The molecule has 0 radical (unpaired) electrons. The number of aldehydes is 1. The van der Waals surface area contributed by atoms with Crippen LogP contribution in [0.3, 0.4) is 0 Å². The maximum atomic E-state index is 10.4. The third-order valence-electron chi connectivity index (χ3n) is 2.95. The van der Waals surface area contributed by atoms with Crippen molar-refractivity contribution in [2.75, 3.05) is 0 Å². The van der Waals surface area contributed by atoms with Crippen molar-refractivity contribution in [3.05, 3.63) is 48.0 Å². The van der Waals surface area contributed by atoms with Crippen LogP contribution in [-0.4, -0.2) is 12.4 Å². The van der Waals surface area contributed by atoms with Crippen molar-refractivity contribution in [1.29, 1.82) is 0 Å². The maximum Gasteiger partial charge on any atom is 0.142 e. The number of hydrogen-bond donors (Lipinski definition) is 0. The molecule has 0 bridgehead atoms. The van der Waals surface area contributed by atoms with Crippen LogP contribution in [0.25, 0.3) is 0 Å². The molecule has 98 valence electrons. The predicted molar refractivity (Wildman–Crippen MR) is 74.2 cm³/mol. The zero-order valence-corrected chi connectivity index (χ0v) is 11.4. The molecule has 0 aliphatic rings. The number of rotatable bonds is 7. The van der Waals surface area contributed by atoms with Gasteiger partial charge in [0.25, 0.3) is 0 Å². The Balaban J connectivity index is 2.58. The van der Waals surface area contributed by atoms with Crippen molar-refractivity contribution in [3.8, 4) is 0 Å². The van der Waals surface area contributed by atoms with Gasteiger partial charge in [0.05, 0.1) is 12.7 Å². The van der Waals surface area contributed by atoms with E-state index in [1.165, 1.54) is 5.56 Å². The number of allylic oxidation sites excluding steroid dienone is 1. The first-order valence-corrected chi connectivity index (χ1v) is 6.42. The Labute approximate surface area is 110 Å². The fourth-order valence-corrected chi connectivity index (χ4v) is 2.05. The molecule has 2 heteroatoms. The van der Waals surface area contributed by atoms with Gasteiger partial charge in [0.1, 0.15) is 6.29 Å². The number of ether oxygens (including phenoxy) is 1. The van der Waals surface area contributed by atoms with E-state index in [2.05, 4.69) is 32.9 Å². The SMILES string of the molecule is CC(C)[C@H](OCc1ccccc1)[C@@H](C)/C=C/C=O. The lowest BCUT2D eigenvalue weighted by Gasteiger charge is -2.25. The molecule has 0 saturated heterocycles. The van der Waals surface area contributed by atoms with Gasteiger partial charge in [-0.3, -0.25) is 4.79 Å². The van der Waals surface area contributed by atoms with Crippen LogP contribution in [0.2, 0.25) is 0 Å². The van der Waals surface area contributed by atoms with E-state index in [1.807, 2.05) is 24.3 Å². The molecule has 0 heterocycles. The second kappa shape index (κ2) is 7.83. The zero-order chi connectivity index (χ0) is 13.4. The zero-order valence-electron chi connectivity index (χ0n) is 11.4. The third kappa shape index (κ3) is 4.84. The first-order chi connectivity index (χ1) is 8.65. The fraction of sp³-hybridized carbons (Fsp3) is 0.438. The monoisotopic (exact) mass is 246 g/mol. The highest BCUT2D eigenvalue weighted by Crippen LogP contribution is 2.19. The van der Waals surface area contributed by atoms with E-state index < -0.39 is 0 Å². The average molecular weight is 246 g/mol. The van der Waals surface area contributed by atoms with E-state index >= 15 is 0 Å². The summed E-state index contributed by atoms with van der Waals surface area (Å²) in [7, 11) is 0. The van der Waals surface area contributed by atoms with Crippen molar-refractivity contribution in [3.63, 3.8) is 0 Å². The van der Waals surface area contributed by atoms with Gasteiger partial charge in [-0.2, -0.15) is 0 Å². The minimum Gasteiger partial charge on any atom is -0.373 e. The molecule has 1 aromatic carbocycles. The average Bonchev–Trinajstić information content (AvgIpc) is 2.37. The molecular weight excluding hydrogens is 224 g/mol. The Hall–Kier alpha value is -1.41. The maximum absolute atomic E-state index is 10.4. The fourth-order valence-electron chi connectivity index (χ4n) is 2.05. The lowest BCUT2D eigenvalue weighted by Crippen LogP contribution is -2.26. The summed E-state index contributed by atoms with van der Waals surface area (Å²) in [5.74, 6) is 0.652. The van der Waals surface area contributed by atoms with Crippen LogP contribution in [0, 0.1) is 11.8 Å². The van der Waals surface area contributed by atoms with Crippen LogP contribution in [-0.2, 0) is 16.1 Å². The summed E-state index contributed by atoms with van der Waals surface area (Å²) in [6.07, 6.45) is 4.39. The Kier molecular flexibility index (Phi) is 6.37. The van der Waals surface area contributed by atoms with Crippen molar-refractivity contribution < 1.29 is 9.53 Å². The highest BCUT2D eigenvalue weighted by molar-refractivity contribution is 5.64. The molecule has 0 aliphatic carbocycles. The summed E-state index contributed by atoms with van der Waals surface area (Å²) >= 11 is 0. The molecule has 2 atom stereocenters. The molecule has 0 aromatic heterocycles. The number of carbonyl (C=O) groups is 1. The Morgan fingerprint density at radius 3 is 2.39 bits per heavy atom. The van der Waals surface area contributed by atoms with Crippen LogP contribution in [0.1, 0.15) is 26.3 Å². The quantitative estimate of drug-likeness (QED) is 0.542. The van der Waals surface area contributed by atoms with Crippen molar-refractivity contribution in [1.82, 2.24) is 0 Å². The van der Waals surface area contributed by atoms with E-state index in [-0.39, 0.29) is 12.0 Å². The lowest BCUT2D eigenvalue weighted by molar-refractivity contribution is -0.104. The van der Waals surface area contributed by atoms with Crippen LogP contribution >= 0.6 is 0 Å². The van der Waals surface area contributed by atoms with Gasteiger partial charge in [0, 0.05) is 5.92 Å². The highest BCUT2D eigenvalue weighted by atomic mass is 16.5. The standard InChI is InChI=1S/C16H22O2/c1-13(2)16(14(3)8-7-11-17)18-12-15-9-5-4-6-10-15/h4-11,13-14,16H,12H2,1-3H3/b8-7+/t14-,16-/m0/s1. The van der Waals surface area contributed by atoms with Gasteiger partial charge < -0.3 is 4.74 Å². The van der Waals surface area contributed by atoms with Gasteiger partial charge in [-0.25, -0.2) is 0 Å². The summed E-state index contributed by atoms with van der Waals surface area (Å²) in [5.41, 5.74) is 1.18. The van der Waals surface area contributed by atoms with Gasteiger partial charge >= 0.3 is 0 Å². The van der Waals surface area contributed by atoms with Gasteiger partial charge in [0.15, 0.2) is 0 Å². The van der Waals surface area contributed by atoms with Crippen LogP contribution in [0.15, 0.2) is 42.5 Å². The smallest absolute Gasteiger partial charge is 0.142 e.